The molecule has 1 amide bonds. The van der Waals surface area contributed by atoms with Crippen LogP contribution in [0.1, 0.15) is 35.2 Å². The molecule has 1 saturated heterocycles. The van der Waals surface area contributed by atoms with E-state index >= 15 is 0 Å². The third-order valence-corrected chi connectivity index (χ3v) is 4.32. The first-order valence-electron chi connectivity index (χ1n) is 6.39. The summed E-state index contributed by atoms with van der Waals surface area (Å²) in [5.74, 6) is -2.84. The summed E-state index contributed by atoms with van der Waals surface area (Å²) < 4.78 is 27.5. The lowest BCUT2D eigenvalue weighted by Gasteiger charge is -2.24. The summed E-state index contributed by atoms with van der Waals surface area (Å²) in [5.41, 5.74) is 6.38. The smallest absolute Gasteiger partial charge is 0.252 e. The number of amides is 1. The number of carbonyl (C=O) groups excluding carboxylic acids is 1. The number of nitrogens with two attached hydrogens (primary N) is 1. The van der Waals surface area contributed by atoms with Crippen molar-refractivity contribution in [2.24, 2.45) is 5.73 Å². The molecule has 0 atom stereocenters. The molecule has 0 aromatic carbocycles. The number of pyridine rings is 1. The van der Waals surface area contributed by atoms with E-state index in [0.29, 0.717) is 34.4 Å². The molecule has 0 aliphatic carbocycles. The van der Waals surface area contributed by atoms with Crippen molar-refractivity contribution in [3.05, 3.63) is 21.8 Å². The molecule has 2 rings (SSSR count). The number of alkyl halides is 2. The molecule has 20 heavy (non-hydrogen) atoms. The number of aromatic nitrogens is 1. The van der Waals surface area contributed by atoms with Gasteiger partial charge in [-0.2, -0.15) is 0 Å². The second kappa shape index (κ2) is 5.63. The Balaban J connectivity index is 2.38. The fourth-order valence-corrected chi connectivity index (χ4v) is 2.68. The molecule has 1 fully saturated rings. The highest BCUT2D eigenvalue weighted by molar-refractivity contribution is 9.10. The molecular weight excluding hydrogens is 332 g/mol. The van der Waals surface area contributed by atoms with Gasteiger partial charge in [-0.1, -0.05) is 0 Å². The molecule has 2 N–H and O–H groups in total. The van der Waals surface area contributed by atoms with Crippen molar-refractivity contribution < 1.29 is 13.6 Å². The number of hydrogen-bond donors (Lipinski definition) is 1. The topological polar surface area (TPSA) is 59.2 Å². The van der Waals surface area contributed by atoms with Crippen LogP contribution >= 0.6 is 15.9 Å². The van der Waals surface area contributed by atoms with Crippen LogP contribution in [0.2, 0.25) is 0 Å². The van der Waals surface area contributed by atoms with Gasteiger partial charge in [-0.15, -0.1) is 0 Å². The lowest BCUT2D eigenvalue weighted by Crippen LogP contribution is -2.30. The maximum atomic E-state index is 13.4. The molecule has 1 aliphatic rings. The summed E-state index contributed by atoms with van der Waals surface area (Å²) in [4.78, 5) is 17.6. The van der Waals surface area contributed by atoms with Crippen molar-refractivity contribution in [1.29, 1.82) is 0 Å². The van der Waals surface area contributed by atoms with E-state index in [1.165, 1.54) is 0 Å². The minimum absolute atomic E-state index is 0.134. The molecule has 0 radical (unpaired) electrons. The van der Waals surface area contributed by atoms with Crippen LogP contribution in [0.4, 0.5) is 14.6 Å². The Morgan fingerprint density at radius 2 is 2.15 bits per heavy atom. The number of hydrogen-bond acceptors (Lipinski definition) is 3. The van der Waals surface area contributed by atoms with Crippen LogP contribution in [-0.4, -0.2) is 29.9 Å². The van der Waals surface area contributed by atoms with E-state index in [-0.39, 0.29) is 19.4 Å². The molecule has 1 aromatic heterocycles. The SMILES string of the molecule is Cc1c(Br)cnc(N2CCCC(F)(F)CC2)c1C(N)=O. The molecule has 2 heterocycles. The average molecular weight is 348 g/mol. The second-order valence-corrected chi connectivity index (χ2v) is 5.84. The van der Waals surface area contributed by atoms with Gasteiger partial charge in [-0.3, -0.25) is 4.79 Å². The van der Waals surface area contributed by atoms with E-state index in [0.717, 1.165) is 0 Å². The van der Waals surface area contributed by atoms with Crippen molar-refractivity contribution in [3.8, 4) is 0 Å². The van der Waals surface area contributed by atoms with Crippen LogP contribution in [0.25, 0.3) is 0 Å². The Morgan fingerprint density at radius 3 is 2.80 bits per heavy atom. The average Bonchev–Trinajstić information content (AvgIpc) is 2.53. The Hall–Kier alpha value is -1.24. The van der Waals surface area contributed by atoms with E-state index in [4.69, 9.17) is 5.73 Å². The van der Waals surface area contributed by atoms with Crippen molar-refractivity contribution >= 4 is 27.7 Å². The Labute approximate surface area is 124 Å². The van der Waals surface area contributed by atoms with Crippen LogP contribution in [0.5, 0.6) is 0 Å². The lowest BCUT2D eigenvalue weighted by atomic mass is 10.1. The van der Waals surface area contributed by atoms with Crippen molar-refractivity contribution in [2.45, 2.75) is 32.1 Å². The highest BCUT2D eigenvalue weighted by atomic mass is 79.9. The number of nitrogens with zero attached hydrogens (tertiary/aromatic N) is 2. The molecule has 1 aliphatic heterocycles. The summed E-state index contributed by atoms with van der Waals surface area (Å²) >= 11 is 3.30. The standard InChI is InChI=1S/C13H16BrF2N3O/c1-8-9(14)7-18-12(10(8)11(17)20)19-5-2-3-13(15,16)4-6-19/h7H,2-6H2,1H3,(H2,17,20). The van der Waals surface area contributed by atoms with Crippen LogP contribution in [0.3, 0.4) is 0 Å². The van der Waals surface area contributed by atoms with E-state index in [1.807, 2.05) is 0 Å². The molecular formula is C13H16BrF2N3O. The Bertz CT molecular complexity index is 537. The molecule has 7 heteroatoms. The molecule has 1 aromatic rings. The maximum Gasteiger partial charge on any atom is 0.252 e. The number of carbonyl (C=O) groups is 1. The quantitative estimate of drug-likeness (QED) is 0.894. The van der Waals surface area contributed by atoms with Crippen LogP contribution in [-0.2, 0) is 0 Å². The summed E-state index contributed by atoms with van der Waals surface area (Å²) in [5, 5.41) is 0. The van der Waals surface area contributed by atoms with Gasteiger partial charge in [-0.25, -0.2) is 13.8 Å². The van der Waals surface area contributed by atoms with Gasteiger partial charge in [0.1, 0.15) is 5.82 Å². The van der Waals surface area contributed by atoms with Gasteiger partial charge in [0, 0.05) is 36.6 Å². The summed E-state index contributed by atoms with van der Waals surface area (Å²) in [6.07, 6.45) is 1.56. The fourth-order valence-electron chi connectivity index (χ4n) is 2.38. The third-order valence-electron chi connectivity index (χ3n) is 3.52. The van der Waals surface area contributed by atoms with E-state index in [9.17, 15) is 13.6 Å². The number of anilines is 1. The lowest BCUT2D eigenvalue weighted by molar-refractivity contribution is -0.0102. The second-order valence-electron chi connectivity index (χ2n) is 4.99. The normalized spacial score (nSPS) is 18.7. The van der Waals surface area contributed by atoms with Crippen LogP contribution in [0, 0.1) is 6.92 Å². The predicted molar refractivity (Wildman–Crippen MR) is 76.2 cm³/mol. The summed E-state index contributed by atoms with van der Waals surface area (Å²) in [6.45, 7) is 2.37. The van der Waals surface area contributed by atoms with Gasteiger partial charge in [0.2, 0.25) is 5.92 Å². The molecule has 110 valence electrons. The Morgan fingerprint density at radius 1 is 1.45 bits per heavy atom. The predicted octanol–water partition coefficient (Wildman–Crippen LogP) is 2.88. The third kappa shape index (κ3) is 3.08. The van der Waals surface area contributed by atoms with Gasteiger partial charge in [0.05, 0.1) is 5.56 Å². The highest BCUT2D eigenvalue weighted by Gasteiger charge is 2.33. The first kappa shape index (κ1) is 15.2. The minimum atomic E-state index is -2.65. The largest absolute Gasteiger partial charge is 0.365 e. The number of halogens is 3. The highest BCUT2D eigenvalue weighted by Crippen LogP contribution is 2.32. The van der Waals surface area contributed by atoms with Gasteiger partial charge in [0.25, 0.3) is 5.91 Å². The van der Waals surface area contributed by atoms with Gasteiger partial charge < -0.3 is 10.6 Å². The van der Waals surface area contributed by atoms with E-state index in [1.54, 1.807) is 18.0 Å². The first-order chi connectivity index (χ1) is 9.32. The minimum Gasteiger partial charge on any atom is -0.365 e. The maximum absolute atomic E-state index is 13.4. The van der Waals surface area contributed by atoms with Crippen LogP contribution < -0.4 is 10.6 Å². The van der Waals surface area contributed by atoms with Crippen molar-refractivity contribution in [3.63, 3.8) is 0 Å². The van der Waals surface area contributed by atoms with E-state index in [2.05, 4.69) is 20.9 Å². The molecule has 0 bridgehead atoms. The Kier molecular flexibility index (Phi) is 4.27. The summed E-state index contributed by atoms with van der Waals surface area (Å²) in [6, 6.07) is 0. The van der Waals surface area contributed by atoms with Crippen molar-refractivity contribution in [2.75, 3.05) is 18.0 Å². The van der Waals surface area contributed by atoms with Crippen molar-refractivity contribution in [1.82, 2.24) is 4.98 Å². The molecule has 0 saturated carbocycles. The molecule has 0 spiro atoms. The number of primary amides is 1. The zero-order valence-corrected chi connectivity index (χ0v) is 12.7. The molecule has 4 nitrogen and oxygen atoms in total. The zero-order valence-electron chi connectivity index (χ0n) is 11.1. The van der Waals surface area contributed by atoms with Gasteiger partial charge in [0.15, 0.2) is 0 Å². The van der Waals surface area contributed by atoms with Gasteiger partial charge in [-0.05, 0) is 34.8 Å². The van der Waals surface area contributed by atoms with Gasteiger partial charge >= 0.3 is 0 Å². The summed E-state index contributed by atoms with van der Waals surface area (Å²) in [7, 11) is 0. The van der Waals surface area contributed by atoms with Crippen LogP contribution in [0.15, 0.2) is 10.7 Å². The number of rotatable bonds is 2. The first-order valence-corrected chi connectivity index (χ1v) is 7.19. The monoisotopic (exact) mass is 347 g/mol. The zero-order chi connectivity index (χ0) is 14.9. The fraction of sp³-hybridized carbons (Fsp3) is 0.538. The van der Waals surface area contributed by atoms with E-state index < -0.39 is 11.8 Å². The molecule has 0 unspecified atom stereocenters.